The van der Waals surface area contributed by atoms with E-state index in [0.717, 1.165) is 26.3 Å². The maximum Gasteiger partial charge on any atom is 0.0730 e. The van der Waals surface area contributed by atoms with Gasteiger partial charge in [-0.3, -0.25) is 4.90 Å². The second-order valence-electron chi connectivity index (χ2n) is 5.74. The lowest BCUT2D eigenvalue weighted by atomic mass is 9.89. The molecule has 2 heterocycles. The van der Waals surface area contributed by atoms with Gasteiger partial charge < -0.3 is 9.47 Å². The molecule has 0 amide bonds. The lowest BCUT2D eigenvalue weighted by molar-refractivity contribution is -0.107. The minimum atomic E-state index is 0.490. The van der Waals surface area contributed by atoms with Gasteiger partial charge in [-0.15, -0.1) is 0 Å². The van der Waals surface area contributed by atoms with Crippen molar-refractivity contribution in [3.63, 3.8) is 0 Å². The summed E-state index contributed by atoms with van der Waals surface area (Å²) in [5.74, 6) is 0. The van der Waals surface area contributed by atoms with Crippen molar-refractivity contribution in [2.24, 2.45) is 0 Å². The molecule has 0 aromatic heterocycles. The van der Waals surface area contributed by atoms with Gasteiger partial charge in [-0.1, -0.05) is 12.8 Å². The Bertz CT molecular complexity index is 238. The number of ether oxygens (including phenoxy) is 2. The van der Waals surface area contributed by atoms with Crippen LogP contribution >= 0.6 is 0 Å². The van der Waals surface area contributed by atoms with Crippen molar-refractivity contribution in [3.05, 3.63) is 0 Å². The highest BCUT2D eigenvalue weighted by molar-refractivity contribution is 4.88. The number of morpholine rings is 1. The minimum absolute atomic E-state index is 0.490. The van der Waals surface area contributed by atoms with Crippen molar-refractivity contribution in [3.8, 4) is 0 Å². The van der Waals surface area contributed by atoms with Gasteiger partial charge in [0.2, 0.25) is 0 Å². The average Bonchev–Trinajstić information content (AvgIpc) is 2.40. The van der Waals surface area contributed by atoms with E-state index in [0.29, 0.717) is 18.2 Å². The molecule has 2 aliphatic heterocycles. The Balaban J connectivity index is 1.56. The second-order valence-corrected chi connectivity index (χ2v) is 5.74. The summed E-state index contributed by atoms with van der Waals surface area (Å²) < 4.78 is 11.8. The largest absolute Gasteiger partial charge is 0.377 e. The molecule has 0 spiro atoms. The second kappa shape index (κ2) is 5.68. The zero-order valence-corrected chi connectivity index (χ0v) is 10.8. The number of hydrogen-bond acceptors (Lipinski definition) is 3. The van der Waals surface area contributed by atoms with Gasteiger partial charge in [-0.2, -0.15) is 0 Å². The number of nitrogens with zero attached hydrogens (tertiary/aromatic N) is 1. The molecule has 1 saturated carbocycles. The van der Waals surface area contributed by atoms with Crippen LogP contribution in [-0.2, 0) is 9.47 Å². The minimum Gasteiger partial charge on any atom is -0.377 e. The van der Waals surface area contributed by atoms with E-state index in [1.165, 1.54) is 44.9 Å². The molecule has 0 bridgehead atoms. The predicted molar refractivity (Wildman–Crippen MR) is 67.2 cm³/mol. The van der Waals surface area contributed by atoms with Crippen molar-refractivity contribution in [2.75, 3.05) is 26.3 Å². The first kappa shape index (κ1) is 11.9. The third kappa shape index (κ3) is 2.83. The molecule has 1 aliphatic carbocycles. The lowest BCUT2D eigenvalue weighted by Gasteiger charge is -2.45. The van der Waals surface area contributed by atoms with Gasteiger partial charge >= 0.3 is 0 Å². The fourth-order valence-electron chi connectivity index (χ4n) is 3.62. The van der Waals surface area contributed by atoms with Crippen molar-refractivity contribution < 1.29 is 9.47 Å². The van der Waals surface area contributed by atoms with E-state index in [1.54, 1.807) is 0 Å². The Morgan fingerprint density at radius 1 is 0.882 bits per heavy atom. The van der Waals surface area contributed by atoms with Crippen molar-refractivity contribution in [1.82, 2.24) is 4.90 Å². The maximum absolute atomic E-state index is 5.92. The first-order valence-electron chi connectivity index (χ1n) is 7.41. The van der Waals surface area contributed by atoms with Gasteiger partial charge in [-0.25, -0.2) is 0 Å². The third-order valence-corrected chi connectivity index (χ3v) is 4.56. The lowest BCUT2D eigenvalue weighted by Crippen LogP contribution is -2.54. The molecule has 98 valence electrons. The molecule has 0 aromatic rings. The molecule has 3 aliphatic rings. The van der Waals surface area contributed by atoms with Crippen LogP contribution in [0.1, 0.15) is 44.9 Å². The summed E-state index contributed by atoms with van der Waals surface area (Å²) in [6, 6.07) is 0.683. The van der Waals surface area contributed by atoms with E-state index < -0.39 is 0 Å². The van der Waals surface area contributed by atoms with Crippen LogP contribution in [0.4, 0.5) is 0 Å². The summed E-state index contributed by atoms with van der Waals surface area (Å²) >= 11 is 0. The normalized spacial score (nSPS) is 39.9. The van der Waals surface area contributed by atoms with E-state index in [2.05, 4.69) is 4.90 Å². The van der Waals surface area contributed by atoms with Gasteiger partial charge in [0.15, 0.2) is 0 Å². The molecule has 0 radical (unpaired) electrons. The Kier molecular flexibility index (Phi) is 3.99. The van der Waals surface area contributed by atoms with Crippen molar-refractivity contribution in [1.29, 1.82) is 0 Å². The molecule has 3 rings (SSSR count). The summed E-state index contributed by atoms with van der Waals surface area (Å²) in [4.78, 5) is 2.66. The van der Waals surface area contributed by atoms with Crippen LogP contribution in [0.15, 0.2) is 0 Å². The first-order valence-corrected chi connectivity index (χ1v) is 7.41. The average molecular weight is 239 g/mol. The zero-order valence-electron chi connectivity index (χ0n) is 10.8. The monoisotopic (exact) mass is 239 g/mol. The highest BCUT2D eigenvalue weighted by Gasteiger charge is 2.35. The molecular formula is C14H25NO2. The molecule has 3 unspecified atom stereocenters. The topological polar surface area (TPSA) is 21.7 Å². The van der Waals surface area contributed by atoms with Gasteiger partial charge in [0.25, 0.3) is 0 Å². The predicted octanol–water partition coefficient (Wildman–Crippen LogP) is 2.20. The smallest absolute Gasteiger partial charge is 0.0730 e. The van der Waals surface area contributed by atoms with Crippen LogP contribution in [-0.4, -0.2) is 49.5 Å². The Hall–Kier alpha value is -0.120. The molecule has 2 saturated heterocycles. The van der Waals surface area contributed by atoms with Gasteiger partial charge in [0, 0.05) is 25.7 Å². The molecule has 0 aromatic carbocycles. The fourth-order valence-corrected chi connectivity index (χ4v) is 3.62. The quantitative estimate of drug-likeness (QED) is 0.737. The van der Waals surface area contributed by atoms with E-state index in [9.17, 15) is 0 Å². The summed E-state index contributed by atoms with van der Waals surface area (Å²) in [6.45, 7) is 4.16. The summed E-state index contributed by atoms with van der Waals surface area (Å²) in [5, 5.41) is 0. The van der Waals surface area contributed by atoms with Gasteiger partial charge in [0.05, 0.1) is 18.8 Å². The van der Waals surface area contributed by atoms with Crippen molar-refractivity contribution in [2.45, 2.75) is 63.2 Å². The summed E-state index contributed by atoms with van der Waals surface area (Å²) in [5.41, 5.74) is 0. The highest BCUT2D eigenvalue weighted by atomic mass is 16.5. The third-order valence-electron chi connectivity index (χ3n) is 4.56. The van der Waals surface area contributed by atoms with Crippen LogP contribution in [0.2, 0.25) is 0 Å². The van der Waals surface area contributed by atoms with Gasteiger partial charge in [0.1, 0.15) is 0 Å². The molecule has 0 N–H and O–H groups in total. The first-order chi connectivity index (χ1) is 8.43. The molecule has 3 fully saturated rings. The molecule has 3 heteroatoms. The number of rotatable bonds is 2. The SMILES string of the molecule is C1CCC(CN2CCOC3CCCCC32)OC1. The molecule has 3 nitrogen and oxygen atoms in total. The molecular weight excluding hydrogens is 214 g/mol. The van der Waals surface area contributed by atoms with Crippen LogP contribution in [0.5, 0.6) is 0 Å². The van der Waals surface area contributed by atoms with E-state index in [-0.39, 0.29) is 0 Å². The van der Waals surface area contributed by atoms with E-state index >= 15 is 0 Å². The maximum atomic E-state index is 5.92. The molecule has 17 heavy (non-hydrogen) atoms. The van der Waals surface area contributed by atoms with Crippen molar-refractivity contribution >= 4 is 0 Å². The number of fused-ring (bicyclic) bond motifs is 1. The Morgan fingerprint density at radius 2 is 1.76 bits per heavy atom. The van der Waals surface area contributed by atoms with E-state index in [4.69, 9.17) is 9.47 Å². The van der Waals surface area contributed by atoms with Gasteiger partial charge in [-0.05, 0) is 32.1 Å². The standard InChI is InChI=1S/C14H25NO2/c1-2-7-14-13(6-1)15(8-10-17-14)11-12-5-3-4-9-16-12/h12-14H,1-11H2. The Labute approximate surface area is 104 Å². The molecule has 3 atom stereocenters. The zero-order chi connectivity index (χ0) is 11.5. The van der Waals surface area contributed by atoms with Crippen LogP contribution in [0, 0.1) is 0 Å². The van der Waals surface area contributed by atoms with Crippen LogP contribution in [0.3, 0.4) is 0 Å². The summed E-state index contributed by atoms with van der Waals surface area (Å²) in [7, 11) is 0. The Morgan fingerprint density at radius 3 is 2.65 bits per heavy atom. The van der Waals surface area contributed by atoms with E-state index in [1.807, 2.05) is 0 Å². The highest BCUT2D eigenvalue weighted by Crippen LogP contribution is 2.29. The van der Waals surface area contributed by atoms with Crippen LogP contribution < -0.4 is 0 Å². The summed E-state index contributed by atoms with van der Waals surface area (Å²) in [6.07, 6.45) is 10.2. The van der Waals surface area contributed by atoms with Crippen LogP contribution in [0.25, 0.3) is 0 Å². The number of hydrogen-bond donors (Lipinski definition) is 0. The fraction of sp³-hybridized carbons (Fsp3) is 1.00.